The van der Waals surface area contributed by atoms with Gasteiger partial charge in [0.15, 0.2) is 5.82 Å². The summed E-state index contributed by atoms with van der Waals surface area (Å²) in [6.45, 7) is 4.16. The second kappa shape index (κ2) is 7.70. The van der Waals surface area contributed by atoms with Gasteiger partial charge in [0.1, 0.15) is 0 Å². The fourth-order valence-corrected chi connectivity index (χ4v) is 4.60. The topological polar surface area (TPSA) is 72.4 Å². The van der Waals surface area contributed by atoms with Crippen LogP contribution in [0.1, 0.15) is 48.5 Å². The highest BCUT2D eigenvalue weighted by Crippen LogP contribution is 2.41. The number of aromatic nitrogens is 2. The molecule has 2 saturated heterocycles. The summed E-state index contributed by atoms with van der Waals surface area (Å²) in [5.41, 5.74) is 2.34. The number of amides is 1. The Kier molecular flexibility index (Phi) is 5.11. The van der Waals surface area contributed by atoms with Crippen LogP contribution in [-0.2, 0) is 9.53 Å². The number of ether oxygens (including phenoxy) is 1. The molecule has 2 aliphatic rings. The van der Waals surface area contributed by atoms with Gasteiger partial charge >= 0.3 is 5.97 Å². The first-order chi connectivity index (χ1) is 13.6. The second-order valence-corrected chi connectivity index (χ2v) is 7.57. The summed E-state index contributed by atoms with van der Waals surface area (Å²) in [6, 6.07) is 7.64. The van der Waals surface area contributed by atoms with Crippen LogP contribution >= 0.6 is 0 Å². The third-order valence-electron chi connectivity index (χ3n) is 5.86. The molecule has 0 radical (unpaired) electrons. The Hall–Kier alpha value is -2.76. The van der Waals surface area contributed by atoms with E-state index in [-0.39, 0.29) is 29.9 Å². The van der Waals surface area contributed by atoms with Crippen LogP contribution in [0, 0.1) is 12.8 Å². The quantitative estimate of drug-likeness (QED) is 0.762. The second-order valence-electron chi connectivity index (χ2n) is 7.57. The number of carbonyl (C=O) groups excluding carboxylic acids is 2. The summed E-state index contributed by atoms with van der Waals surface area (Å²) >= 11 is 0. The van der Waals surface area contributed by atoms with Crippen LogP contribution in [0.15, 0.2) is 36.7 Å². The lowest BCUT2D eigenvalue weighted by Crippen LogP contribution is -2.50. The highest BCUT2D eigenvalue weighted by atomic mass is 16.5. The van der Waals surface area contributed by atoms with Crippen molar-refractivity contribution < 1.29 is 14.3 Å². The van der Waals surface area contributed by atoms with Crippen molar-refractivity contribution >= 4 is 11.9 Å². The smallest absolute Gasteiger partial charge is 0.311 e. The molecule has 6 nitrogen and oxygen atoms in total. The average Bonchev–Trinajstić information content (AvgIpc) is 3.00. The molecule has 28 heavy (non-hydrogen) atoms. The summed E-state index contributed by atoms with van der Waals surface area (Å²) in [4.78, 5) is 36.7. The van der Waals surface area contributed by atoms with E-state index in [0.717, 1.165) is 36.8 Å². The van der Waals surface area contributed by atoms with Crippen molar-refractivity contribution in [2.24, 2.45) is 5.92 Å². The lowest BCUT2D eigenvalue weighted by atomic mass is 9.89. The molecule has 2 bridgehead atoms. The number of fused-ring (bicyclic) bond motifs is 2. The maximum absolute atomic E-state index is 13.7. The molecule has 3 atom stereocenters. The van der Waals surface area contributed by atoms with Gasteiger partial charge in [0.25, 0.3) is 5.91 Å². The lowest BCUT2D eigenvalue weighted by Gasteiger charge is -2.39. The van der Waals surface area contributed by atoms with Gasteiger partial charge in [0.05, 0.1) is 18.1 Å². The molecule has 0 saturated carbocycles. The lowest BCUT2D eigenvalue weighted by molar-refractivity contribution is -0.151. The highest BCUT2D eigenvalue weighted by Gasteiger charge is 2.48. The summed E-state index contributed by atoms with van der Waals surface area (Å²) in [6.07, 6.45) is 6.78. The molecule has 1 aromatic heterocycles. The highest BCUT2D eigenvalue weighted by molar-refractivity contribution is 6.01. The minimum Gasteiger partial charge on any atom is -0.466 e. The predicted molar refractivity (Wildman–Crippen MR) is 105 cm³/mol. The Balaban J connectivity index is 1.70. The molecule has 146 valence electrons. The van der Waals surface area contributed by atoms with Gasteiger partial charge in [-0.05, 0) is 51.7 Å². The van der Waals surface area contributed by atoms with Gasteiger partial charge < -0.3 is 9.64 Å². The zero-order chi connectivity index (χ0) is 19.7. The van der Waals surface area contributed by atoms with Crippen LogP contribution in [0.4, 0.5) is 0 Å². The minimum atomic E-state index is -0.233. The third-order valence-corrected chi connectivity index (χ3v) is 5.86. The van der Waals surface area contributed by atoms with Gasteiger partial charge in [-0.2, -0.15) is 0 Å². The summed E-state index contributed by atoms with van der Waals surface area (Å²) in [5.74, 6) is 0.0928. The number of hydrogen-bond donors (Lipinski definition) is 0. The monoisotopic (exact) mass is 379 g/mol. The summed E-state index contributed by atoms with van der Waals surface area (Å²) in [7, 11) is 0. The van der Waals surface area contributed by atoms with Crippen molar-refractivity contribution in [3.63, 3.8) is 0 Å². The van der Waals surface area contributed by atoms with E-state index in [2.05, 4.69) is 9.97 Å². The molecule has 0 N–H and O–H groups in total. The van der Waals surface area contributed by atoms with Crippen LogP contribution in [0.2, 0.25) is 0 Å². The SMILES string of the molecule is CCOC(=O)[C@H]1CC[C@@H]2CCC1N2C(=O)c1cc(C)ccc1-c1ncccn1. The summed E-state index contributed by atoms with van der Waals surface area (Å²) in [5, 5.41) is 0. The fraction of sp³-hybridized carbons (Fsp3) is 0.455. The zero-order valence-electron chi connectivity index (χ0n) is 16.3. The summed E-state index contributed by atoms with van der Waals surface area (Å²) < 4.78 is 5.28. The van der Waals surface area contributed by atoms with Gasteiger partial charge in [0.2, 0.25) is 0 Å². The van der Waals surface area contributed by atoms with E-state index >= 15 is 0 Å². The molecule has 2 fully saturated rings. The Labute approximate surface area is 164 Å². The Morgan fingerprint density at radius 3 is 2.64 bits per heavy atom. The fourth-order valence-electron chi connectivity index (χ4n) is 4.60. The van der Waals surface area contributed by atoms with Gasteiger partial charge in [0, 0.05) is 30.0 Å². The molecule has 1 aromatic carbocycles. The first kappa shape index (κ1) is 18.6. The van der Waals surface area contributed by atoms with Gasteiger partial charge in [-0.15, -0.1) is 0 Å². The molecule has 2 aliphatic heterocycles. The molecule has 2 aromatic rings. The molecular weight excluding hydrogens is 354 g/mol. The maximum Gasteiger partial charge on any atom is 0.311 e. The van der Waals surface area contributed by atoms with E-state index < -0.39 is 0 Å². The Morgan fingerprint density at radius 2 is 1.89 bits per heavy atom. The van der Waals surface area contributed by atoms with Gasteiger partial charge in [-0.25, -0.2) is 9.97 Å². The van der Waals surface area contributed by atoms with Crippen LogP contribution in [-0.4, -0.2) is 45.4 Å². The standard InChI is InChI=1S/C22H25N3O3/c1-3-28-22(27)17-9-6-15-7-10-19(17)25(15)21(26)18-13-14(2)5-8-16(18)20-23-11-4-12-24-20/h4-5,8,11-13,15,17,19H,3,6-7,9-10H2,1-2H3/t15-,17+,19?/m1/s1. The minimum absolute atomic E-state index is 0.0346. The van der Waals surface area contributed by atoms with Crippen molar-refractivity contribution in [1.29, 1.82) is 0 Å². The number of rotatable bonds is 4. The van der Waals surface area contributed by atoms with Crippen LogP contribution in [0.25, 0.3) is 11.4 Å². The van der Waals surface area contributed by atoms with Crippen molar-refractivity contribution in [3.8, 4) is 11.4 Å². The van der Waals surface area contributed by atoms with E-state index in [1.54, 1.807) is 18.5 Å². The maximum atomic E-state index is 13.7. The Bertz CT molecular complexity index is 884. The number of piperidine rings is 1. The molecule has 0 aliphatic carbocycles. The van der Waals surface area contributed by atoms with E-state index in [9.17, 15) is 9.59 Å². The largest absolute Gasteiger partial charge is 0.466 e. The predicted octanol–water partition coefficient (Wildman–Crippen LogP) is 3.40. The van der Waals surface area contributed by atoms with Crippen LogP contribution in [0.3, 0.4) is 0 Å². The number of aryl methyl sites for hydroxylation is 1. The first-order valence-electron chi connectivity index (χ1n) is 9.97. The number of carbonyl (C=O) groups is 2. The number of hydrogen-bond acceptors (Lipinski definition) is 5. The molecule has 6 heteroatoms. The van der Waals surface area contributed by atoms with Crippen LogP contribution in [0.5, 0.6) is 0 Å². The Morgan fingerprint density at radius 1 is 1.14 bits per heavy atom. The van der Waals surface area contributed by atoms with E-state index in [0.29, 0.717) is 18.0 Å². The van der Waals surface area contributed by atoms with Crippen molar-refractivity contribution in [2.45, 2.75) is 51.6 Å². The number of benzene rings is 1. The van der Waals surface area contributed by atoms with Gasteiger partial charge in [-0.3, -0.25) is 9.59 Å². The van der Waals surface area contributed by atoms with Crippen molar-refractivity contribution in [2.75, 3.05) is 6.61 Å². The molecule has 4 rings (SSSR count). The molecular formula is C22H25N3O3. The van der Waals surface area contributed by atoms with Gasteiger partial charge in [-0.1, -0.05) is 17.7 Å². The van der Waals surface area contributed by atoms with Crippen molar-refractivity contribution in [1.82, 2.24) is 14.9 Å². The van der Waals surface area contributed by atoms with E-state index in [1.165, 1.54) is 0 Å². The van der Waals surface area contributed by atoms with E-state index in [4.69, 9.17) is 4.74 Å². The zero-order valence-corrected chi connectivity index (χ0v) is 16.3. The average molecular weight is 379 g/mol. The molecule has 0 spiro atoms. The van der Waals surface area contributed by atoms with E-state index in [1.807, 2.05) is 36.9 Å². The van der Waals surface area contributed by atoms with Crippen molar-refractivity contribution in [3.05, 3.63) is 47.8 Å². The normalized spacial score (nSPS) is 23.5. The number of esters is 1. The third kappa shape index (κ3) is 3.28. The van der Waals surface area contributed by atoms with Crippen LogP contribution < -0.4 is 0 Å². The first-order valence-corrected chi connectivity index (χ1v) is 9.97. The molecule has 1 unspecified atom stereocenters. The molecule has 1 amide bonds. The number of nitrogens with zero attached hydrogens (tertiary/aromatic N) is 3. The molecule has 3 heterocycles.